The molecule has 2 rings (SSSR count). The van der Waals surface area contributed by atoms with Crippen molar-refractivity contribution in [2.75, 3.05) is 6.54 Å². The molecule has 2 amide bonds. The van der Waals surface area contributed by atoms with Crippen molar-refractivity contribution >= 4 is 33.4 Å². The monoisotopic (exact) mass is 303 g/mol. The van der Waals surface area contributed by atoms with Gasteiger partial charge in [0.2, 0.25) is 21.8 Å². The fourth-order valence-electron chi connectivity index (χ4n) is 1.63. The second-order valence-corrected chi connectivity index (χ2v) is 6.23. The molecule has 9 heteroatoms. The number of nitrogens with zero attached hydrogens (tertiary/aromatic N) is 2. The lowest BCUT2D eigenvalue weighted by Gasteiger charge is -2.30. The highest BCUT2D eigenvalue weighted by atomic mass is 35.5. The fraction of sp³-hybridized carbons (Fsp3) is 0.300. The van der Waals surface area contributed by atoms with Crippen molar-refractivity contribution in [1.82, 2.24) is 14.6 Å². The molecule has 0 spiro atoms. The molecule has 1 aliphatic rings. The van der Waals surface area contributed by atoms with Gasteiger partial charge in [-0.1, -0.05) is 11.6 Å². The average molecular weight is 304 g/mol. The largest absolute Gasteiger partial charge is 0.294 e. The van der Waals surface area contributed by atoms with Gasteiger partial charge in [0.25, 0.3) is 0 Å². The van der Waals surface area contributed by atoms with Gasteiger partial charge in [0.05, 0.1) is 6.54 Å². The highest BCUT2D eigenvalue weighted by molar-refractivity contribution is 7.89. The number of halogens is 1. The molecule has 2 heterocycles. The molecular weight excluding hydrogens is 294 g/mol. The highest BCUT2D eigenvalue weighted by Gasteiger charge is 2.38. The first-order chi connectivity index (χ1) is 8.82. The number of hydrogen-bond acceptors (Lipinski definition) is 5. The van der Waals surface area contributed by atoms with Gasteiger partial charge in [0, 0.05) is 6.20 Å². The minimum atomic E-state index is -3.96. The van der Waals surface area contributed by atoms with Crippen molar-refractivity contribution in [1.29, 1.82) is 0 Å². The molecule has 102 valence electrons. The molecule has 0 saturated carbocycles. The summed E-state index contributed by atoms with van der Waals surface area (Å²) in [6.45, 7) is 1.00. The number of aromatic nitrogens is 1. The van der Waals surface area contributed by atoms with Gasteiger partial charge in [-0.15, -0.1) is 0 Å². The van der Waals surface area contributed by atoms with E-state index >= 15 is 0 Å². The van der Waals surface area contributed by atoms with E-state index in [4.69, 9.17) is 11.6 Å². The van der Waals surface area contributed by atoms with Crippen LogP contribution in [0.1, 0.15) is 6.92 Å². The van der Waals surface area contributed by atoms with Crippen LogP contribution < -0.4 is 5.32 Å². The maximum Gasteiger partial charge on any atom is 0.245 e. The molecule has 0 aromatic carbocycles. The molecule has 1 aromatic rings. The van der Waals surface area contributed by atoms with Crippen molar-refractivity contribution in [2.45, 2.75) is 17.9 Å². The van der Waals surface area contributed by atoms with Crippen LogP contribution in [0.15, 0.2) is 23.2 Å². The van der Waals surface area contributed by atoms with E-state index in [0.29, 0.717) is 0 Å². The summed E-state index contributed by atoms with van der Waals surface area (Å²) in [5, 5.41) is 2.22. The third kappa shape index (κ3) is 2.60. The SMILES string of the molecule is CC1C(=O)NC(=O)CN1S(=O)(=O)c1ccc(Cl)nc1. The molecular formula is C10H10ClN3O4S. The first kappa shape index (κ1) is 13.9. The third-order valence-electron chi connectivity index (χ3n) is 2.68. The lowest BCUT2D eigenvalue weighted by Crippen LogP contribution is -2.58. The summed E-state index contributed by atoms with van der Waals surface area (Å²) in [5.74, 6) is -1.31. The predicted octanol–water partition coefficient (Wildman–Crippen LogP) is -0.229. The Morgan fingerprint density at radius 3 is 2.68 bits per heavy atom. The molecule has 1 aromatic heterocycles. The number of sulfonamides is 1. The third-order valence-corrected chi connectivity index (χ3v) is 4.80. The Kier molecular flexibility index (Phi) is 3.57. The summed E-state index contributed by atoms with van der Waals surface area (Å²) < 4.78 is 25.5. The van der Waals surface area contributed by atoms with Crippen LogP contribution in [0.3, 0.4) is 0 Å². The molecule has 19 heavy (non-hydrogen) atoms. The zero-order valence-corrected chi connectivity index (χ0v) is 11.4. The van der Waals surface area contributed by atoms with Crippen LogP contribution >= 0.6 is 11.6 Å². The van der Waals surface area contributed by atoms with Crippen LogP contribution in [0.2, 0.25) is 5.15 Å². The molecule has 1 unspecified atom stereocenters. The van der Waals surface area contributed by atoms with Crippen molar-refractivity contribution in [2.24, 2.45) is 0 Å². The normalized spacial score (nSPS) is 21.3. The lowest BCUT2D eigenvalue weighted by molar-refractivity contribution is -0.136. The minimum absolute atomic E-state index is 0.119. The van der Waals surface area contributed by atoms with Crippen molar-refractivity contribution in [3.05, 3.63) is 23.5 Å². The number of carbonyl (C=O) groups excluding carboxylic acids is 2. The first-order valence-corrected chi connectivity index (χ1v) is 7.11. The Labute approximate surface area is 114 Å². The van der Waals surface area contributed by atoms with E-state index in [-0.39, 0.29) is 10.0 Å². The molecule has 7 nitrogen and oxygen atoms in total. The fourth-order valence-corrected chi connectivity index (χ4v) is 3.24. The molecule has 1 fully saturated rings. The molecule has 1 atom stereocenters. The quantitative estimate of drug-likeness (QED) is 0.601. The van der Waals surface area contributed by atoms with E-state index in [1.54, 1.807) is 0 Å². The molecule has 1 saturated heterocycles. The van der Waals surface area contributed by atoms with Gasteiger partial charge in [-0.2, -0.15) is 4.31 Å². The average Bonchev–Trinajstić information content (AvgIpc) is 2.34. The van der Waals surface area contributed by atoms with E-state index in [1.807, 2.05) is 0 Å². The van der Waals surface area contributed by atoms with Crippen LogP contribution in [0.25, 0.3) is 0 Å². The van der Waals surface area contributed by atoms with Crippen LogP contribution in [-0.4, -0.2) is 42.1 Å². The van der Waals surface area contributed by atoms with E-state index in [0.717, 1.165) is 10.5 Å². The molecule has 0 aliphatic carbocycles. The van der Waals surface area contributed by atoms with Gasteiger partial charge in [-0.25, -0.2) is 13.4 Å². The molecule has 1 aliphatic heterocycles. The first-order valence-electron chi connectivity index (χ1n) is 5.29. The van der Waals surface area contributed by atoms with Gasteiger partial charge >= 0.3 is 0 Å². The van der Waals surface area contributed by atoms with Crippen LogP contribution in [0.4, 0.5) is 0 Å². The van der Waals surface area contributed by atoms with Crippen molar-refractivity contribution < 1.29 is 18.0 Å². The Balaban J connectivity index is 2.41. The number of hydrogen-bond donors (Lipinski definition) is 1. The zero-order chi connectivity index (χ0) is 14.2. The standard InChI is InChI=1S/C10H10ClN3O4S/c1-6-10(16)13-9(15)5-14(6)19(17,18)7-2-3-8(11)12-4-7/h2-4,6H,5H2,1H3,(H,13,15,16). The molecule has 1 N–H and O–H groups in total. The van der Waals surface area contributed by atoms with E-state index in [9.17, 15) is 18.0 Å². The number of imide groups is 1. The van der Waals surface area contributed by atoms with E-state index in [2.05, 4.69) is 10.3 Å². The highest BCUT2D eigenvalue weighted by Crippen LogP contribution is 2.20. The molecule has 0 radical (unpaired) electrons. The lowest BCUT2D eigenvalue weighted by atomic mass is 10.2. The van der Waals surface area contributed by atoms with Crippen molar-refractivity contribution in [3.8, 4) is 0 Å². The van der Waals surface area contributed by atoms with Gasteiger partial charge in [-0.05, 0) is 19.1 Å². The number of piperazine rings is 1. The summed E-state index contributed by atoms with van der Waals surface area (Å²) in [6, 6.07) is 1.64. The van der Waals surface area contributed by atoms with Crippen molar-refractivity contribution in [3.63, 3.8) is 0 Å². The smallest absolute Gasteiger partial charge is 0.245 e. The number of nitrogens with one attached hydrogen (secondary N) is 1. The number of rotatable bonds is 2. The predicted molar refractivity (Wildman–Crippen MR) is 65.8 cm³/mol. The second-order valence-electron chi connectivity index (χ2n) is 3.96. The van der Waals surface area contributed by atoms with Crippen LogP contribution in [-0.2, 0) is 19.6 Å². The summed E-state index contributed by atoms with van der Waals surface area (Å²) in [4.78, 5) is 26.3. The van der Waals surface area contributed by atoms with Crippen LogP contribution in [0, 0.1) is 0 Å². The zero-order valence-electron chi connectivity index (χ0n) is 9.83. The Morgan fingerprint density at radius 1 is 1.42 bits per heavy atom. The number of carbonyl (C=O) groups is 2. The maximum absolute atomic E-state index is 12.3. The summed E-state index contributed by atoms with van der Waals surface area (Å²) in [6.07, 6.45) is 1.08. The van der Waals surface area contributed by atoms with Gasteiger partial charge in [-0.3, -0.25) is 14.9 Å². The summed E-state index contributed by atoms with van der Waals surface area (Å²) in [5.41, 5.74) is 0. The Morgan fingerprint density at radius 2 is 2.11 bits per heavy atom. The van der Waals surface area contributed by atoms with Gasteiger partial charge in [0.1, 0.15) is 16.1 Å². The van der Waals surface area contributed by atoms with Crippen LogP contribution in [0.5, 0.6) is 0 Å². The Hall–Kier alpha value is -1.51. The second kappa shape index (κ2) is 4.87. The Bertz CT molecular complexity index is 629. The van der Waals surface area contributed by atoms with E-state index < -0.39 is 34.4 Å². The van der Waals surface area contributed by atoms with Gasteiger partial charge < -0.3 is 0 Å². The maximum atomic E-state index is 12.3. The molecule has 0 bridgehead atoms. The van der Waals surface area contributed by atoms with E-state index in [1.165, 1.54) is 19.1 Å². The van der Waals surface area contributed by atoms with Gasteiger partial charge in [0.15, 0.2) is 0 Å². The number of pyridine rings is 1. The summed E-state index contributed by atoms with van der Waals surface area (Å²) in [7, 11) is -3.96. The minimum Gasteiger partial charge on any atom is -0.294 e. The summed E-state index contributed by atoms with van der Waals surface area (Å²) >= 11 is 5.58. The topological polar surface area (TPSA) is 96.4 Å². The number of amides is 2.